The van der Waals surface area contributed by atoms with Gasteiger partial charge in [0.05, 0.1) is 30.3 Å². The Morgan fingerprint density at radius 3 is 2.69 bits per heavy atom. The van der Waals surface area contributed by atoms with Crippen molar-refractivity contribution in [3.05, 3.63) is 58.9 Å². The van der Waals surface area contributed by atoms with Crippen molar-refractivity contribution >= 4 is 38.1 Å². The molecule has 3 aromatic rings. The molecule has 0 amide bonds. The van der Waals surface area contributed by atoms with Crippen LogP contribution < -0.4 is 10.2 Å². The Morgan fingerprint density at radius 1 is 1.10 bits per heavy atom. The lowest BCUT2D eigenvalue weighted by Gasteiger charge is -2.28. The van der Waals surface area contributed by atoms with Gasteiger partial charge in [0.2, 0.25) is 0 Å². The summed E-state index contributed by atoms with van der Waals surface area (Å²) < 4.78 is 7.27. The zero-order chi connectivity index (χ0) is 20.0. The van der Waals surface area contributed by atoms with E-state index in [1.165, 1.54) is 5.56 Å². The molecule has 1 unspecified atom stereocenters. The molecule has 1 saturated heterocycles. The number of morpholine rings is 1. The van der Waals surface area contributed by atoms with Gasteiger partial charge in [-0.05, 0) is 28.8 Å². The average molecular weight is 406 g/mol. The van der Waals surface area contributed by atoms with Crippen molar-refractivity contribution in [2.75, 3.05) is 36.5 Å². The minimum atomic E-state index is 0.725. The van der Waals surface area contributed by atoms with Gasteiger partial charge in [-0.25, -0.2) is 9.98 Å². The second kappa shape index (κ2) is 7.25. The van der Waals surface area contributed by atoms with E-state index >= 15 is 0 Å². The normalized spacial score (nSPS) is 15.8. The van der Waals surface area contributed by atoms with E-state index in [1.54, 1.807) is 4.45 Å². The van der Waals surface area contributed by atoms with Crippen molar-refractivity contribution in [1.29, 1.82) is 0 Å². The molecule has 5 rings (SSSR count). The summed E-state index contributed by atoms with van der Waals surface area (Å²) in [6, 6.07) is 10.4. The number of fused-ring (bicyclic) bond motifs is 2. The fourth-order valence-electron chi connectivity index (χ4n) is 3.77. The molecule has 2 aliphatic rings. The third-order valence-corrected chi connectivity index (χ3v) is 5.98. The molecule has 1 aromatic carbocycles. The largest absolute Gasteiger partial charge is 0.378 e. The average Bonchev–Trinajstić information content (AvgIpc) is 2.91. The molecule has 2 aromatic heterocycles. The first kappa shape index (κ1) is 18.3. The number of hydrogen-bond acceptors (Lipinski definition) is 6. The van der Waals surface area contributed by atoms with E-state index in [0.29, 0.717) is 0 Å². The van der Waals surface area contributed by atoms with E-state index in [-0.39, 0.29) is 0 Å². The SMILES string of the molecule is Cc1ccccc1C1=Nc2c(nn(P)c2C)Nc2cc(N3CCOCC3)ncc21. The fraction of sp³-hybridized carbons (Fsp3) is 0.286. The van der Waals surface area contributed by atoms with Gasteiger partial charge in [0.1, 0.15) is 11.5 Å². The number of pyridine rings is 1. The van der Waals surface area contributed by atoms with Crippen LogP contribution in [0.3, 0.4) is 0 Å². The van der Waals surface area contributed by atoms with Crippen LogP contribution in [0.1, 0.15) is 22.4 Å². The van der Waals surface area contributed by atoms with Crippen LogP contribution in [0.2, 0.25) is 0 Å². The van der Waals surface area contributed by atoms with Crippen molar-refractivity contribution in [2.45, 2.75) is 13.8 Å². The summed E-state index contributed by atoms with van der Waals surface area (Å²) in [6.07, 6.45) is 1.92. The van der Waals surface area contributed by atoms with Crippen LogP contribution in [0.25, 0.3) is 0 Å². The summed E-state index contributed by atoms with van der Waals surface area (Å²) in [7, 11) is 2.62. The molecule has 4 heterocycles. The van der Waals surface area contributed by atoms with Crippen LogP contribution in [-0.4, -0.2) is 46.5 Å². The third kappa shape index (κ3) is 3.20. The van der Waals surface area contributed by atoms with Crippen molar-refractivity contribution < 1.29 is 4.74 Å². The van der Waals surface area contributed by atoms with Crippen LogP contribution in [0.4, 0.5) is 23.0 Å². The summed E-state index contributed by atoms with van der Waals surface area (Å²) in [5.74, 6) is 1.69. The third-order valence-electron chi connectivity index (χ3n) is 5.47. The highest BCUT2D eigenvalue weighted by molar-refractivity contribution is 7.14. The van der Waals surface area contributed by atoms with E-state index in [9.17, 15) is 0 Å². The highest BCUT2D eigenvalue weighted by atomic mass is 31.0. The van der Waals surface area contributed by atoms with Crippen molar-refractivity contribution in [3.63, 3.8) is 0 Å². The van der Waals surface area contributed by atoms with Gasteiger partial charge in [-0.1, -0.05) is 24.3 Å². The number of hydrogen-bond donors (Lipinski definition) is 1. The van der Waals surface area contributed by atoms with Gasteiger partial charge in [0.15, 0.2) is 5.82 Å². The highest BCUT2D eigenvalue weighted by Gasteiger charge is 2.24. The Morgan fingerprint density at radius 2 is 1.90 bits per heavy atom. The van der Waals surface area contributed by atoms with E-state index in [2.05, 4.69) is 49.8 Å². The molecule has 0 saturated carbocycles. The Labute approximate surface area is 172 Å². The van der Waals surface area contributed by atoms with Crippen molar-refractivity contribution in [3.8, 4) is 0 Å². The van der Waals surface area contributed by atoms with Crippen LogP contribution in [0, 0.1) is 13.8 Å². The monoisotopic (exact) mass is 406 g/mol. The van der Waals surface area contributed by atoms with Crippen LogP contribution in [-0.2, 0) is 4.74 Å². The predicted octanol–water partition coefficient (Wildman–Crippen LogP) is 3.60. The van der Waals surface area contributed by atoms with Gasteiger partial charge in [-0.2, -0.15) is 0 Å². The molecule has 148 valence electrons. The summed E-state index contributed by atoms with van der Waals surface area (Å²) in [4.78, 5) is 12.1. The van der Waals surface area contributed by atoms with Gasteiger partial charge in [-0.15, -0.1) is 5.10 Å². The maximum atomic E-state index is 5.49. The topological polar surface area (TPSA) is 67.6 Å². The summed E-state index contributed by atoms with van der Waals surface area (Å²) in [6.45, 7) is 7.27. The first-order chi connectivity index (χ1) is 14.1. The van der Waals surface area contributed by atoms with Gasteiger partial charge in [0, 0.05) is 36.5 Å². The minimum Gasteiger partial charge on any atom is -0.378 e. The van der Waals surface area contributed by atoms with Gasteiger partial charge in [0.25, 0.3) is 0 Å². The molecule has 1 fully saturated rings. The lowest BCUT2D eigenvalue weighted by atomic mass is 9.98. The maximum absolute atomic E-state index is 5.49. The van der Waals surface area contributed by atoms with Gasteiger partial charge < -0.3 is 15.0 Å². The standard InChI is InChI=1S/C21H23N6OP/c1-13-5-3-4-6-15(13)20-16-12-22-18(26-7-9-28-10-8-26)11-17(16)23-21-19(24-20)14(2)27(29)25-21/h3-6,11-12H,7-10,29H2,1-2H3,(H,23,25). The molecule has 0 spiro atoms. The molecule has 7 nitrogen and oxygen atoms in total. The zero-order valence-corrected chi connectivity index (χ0v) is 17.7. The Balaban J connectivity index is 1.69. The summed E-state index contributed by atoms with van der Waals surface area (Å²) >= 11 is 0. The van der Waals surface area contributed by atoms with E-state index < -0.39 is 0 Å². The second-order valence-corrected chi connectivity index (χ2v) is 7.80. The van der Waals surface area contributed by atoms with E-state index in [1.807, 2.05) is 25.3 Å². The first-order valence-electron chi connectivity index (χ1n) is 9.71. The van der Waals surface area contributed by atoms with Crippen LogP contribution in [0.5, 0.6) is 0 Å². The maximum Gasteiger partial charge on any atom is 0.179 e. The number of nitrogens with zero attached hydrogens (tertiary/aromatic N) is 5. The van der Waals surface area contributed by atoms with E-state index in [0.717, 1.165) is 71.8 Å². The number of rotatable bonds is 2. The first-order valence-corrected chi connectivity index (χ1v) is 10.2. The fourth-order valence-corrected chi connectivity index (χ4v) is 4.01. The summed E-state index contributed by atoms with van der Waals surface area (Å²) in [5, 5.41) is 8.12. The summed E-state index contributed by atoms with van der Waals surface area (Å²) in [5.41, 5.74) is 6.95. The van der Waals surface area contributed by atoms with E-state index in [4.69, 9.17) is 14.7 Å². The van der Waals surface area contributed by atoms with Crippen molar-refractivity contribution in [1.82, 2.24) is 14.5 Å². The van der Waals surface area contributed by atoms with Crippen LogP contribution in [0.15, 0.2) is 41.5 Å². The number of aryl methyl sites for hydroxylation is 1. The molecule has 0 aliphatic carbocycles. The minimum absolute atomic E-state index is 0.725. The lowest BCUT2D eigenvalue weighted by molar-refractivity contribution is 0.122. The molecule has 29 heavy (non-hydrogen) atoms. The smallest absolute Gasteiger partial charge is 0.179 e. The van der Waals surface area contributed by atoms with Gasteiger partial charge >= 0.3 is 0 Å². The number of anilines is 3. The lowest BCUT2D eigenvalue weighted by Crippen LogP contribution is -2.36. The molecular weight excluding hydrogens is 383 g/mol. The molecule has 8 heteroatoms. The van der Waals surface area contributed by atoms with Gasteiger partial charge in [-0.3, -0.25) is 4.45 Å². The molecule has 1 atom stereocenters. The van der Waals surface area contributed by atoms with Crippen LogP contribution >= 0.6 is 9.39 Å². The van der Waals surface area contributed by atoms with Crippen molar-refractivity contribution in [2.24, 2.45) is 4.99 Å². The molecule has 2 aliphatic heterocycles. The molecule has 1 N–H and O–H groups in total. The predicted molar refractivity (Wildman–Crippen MR) is 119 cm³/mol. The molecular formula is C21H23N6OP. The second-order valence-electron chi connectivity index (χ2n) is 7.32. The zero-order valence-electron chi connectivity index (χ0n) is 16.5. The quantitative estimate of drug-likeness (QED) is 0.515. The number of benzene rings is 1. The number of nitrogens with one attached hydrogen (secondary N) is 1. The molecule has 0 bridgehead atoms. The number of aromatic nitrogens is 3. The number of aliphatic imine (C=N–C) groups is 1. The highest BCUT2D eigenvalue weighted by Crippen LogP contribution is 2.39. The Kier molecular flexibility index (Phi) is 4.57. The molecule has 0 radical (unpaired) electrons. The number of ether oxygens (including phenoxy) is 1. The Bertz CT molecular complexity index is 1120. The Hall–Kier alpha value is -2.76.